The largest absolute Gasteiger partial charge is 0.302 e. The third-order valence-electron chi connectivity index (χ3n) is 4.62. The lowest BCUT2D eigenvalue weighted by Gasteiger charge is -2.14. The van der Waals surface area contributed by atoms with E-state index in [4.69, 9.17) is 6.42 Å². The van der Waals surface area contributed by atoms with Gasteiger partial charge >= 0.3 is 0 Å². The first-order valence-corrected chi connectivity index (χ1v) is 9.90. The maximum Gasteiger partial charge on any atom is 0.260 e. The van der Waals surface area contributed by atoms with Gasteiger partial charge in [0.25, 0.3) is 5.91 Å². The Balaban J connectivity index is 1.88. The van der Waals surface area contributed by atoms with E-state index in [0.717, 1.165) is 11.1 Å². The van der Waals surface area contributed by atoms with Gasteiger partial charge in [0.1, 0.15) is 5.82 Å². The maximum absolute atomic E-state index is 14.4. The molecule has 3 aromatic carbocycles. The third-order valence-corrected chi connectivity index (χ3v) is 5.66. The van der Waals surface area contributed by atoms with Crippen LogP contribution in [0.25, 0.3) is 10.2 Å². The molecule has 4 aromatic rings. The average molecular weight is 400 g/mol. The molecule has 0 aliphatic rings. The Morgan fingerprint density at radius 1 is 1.00 bits per heavy atom. The number of para-hydroxylation sites is 1. The van der Waals surface area contributed by atoms with Crippen molar-refractivity contribution < 1.29 is 9.18 Å². The van der Waals surface area contributed by atoms with Crippen LogP contribution in [-0.4, -0.2) is 10.5 Å². The molecule has 29 heavy (non-hydrogen) atoms. The number of hydrogen-bond acceptors (Lipinski definition) is 2. The summed E-state index contributed by atoms with van der Waals surface area (Å²) in [6.45, 7) is 0.133. The van der Waals surface area contributed by atoms with Crippen molar-refractivity contribution in [2.75, 3.05) is 0 Å². The van der Waals surface area contributed by atoms with Gasteiger partial charge in [0.15, 0.2) is 4.80 Å². The van der Waals surface area contributed by atoms with Crippen LogP contribution in [0.4, 0.5) is 4.39 Å². The van der Waals surface area contributed by atoms with Gasteiger partial charge in [0.2, 0.25) is 0 Å². The van der Waals surface area contributed by atoms with Crippen LogP contribution in [0.5, 0.6) is 0 Å². The highest BCUT2D eigenvalue weighted by atomic mass is 32.1. The molecule has 0 bridgehead atoms. The Hall–Kier alpha value is -3.49. The summed E-state index contributed by atoms with van der Waals surface area (Å²) in [5.74, 6) is 1.28. The second kappa shape index (κ2) is 8.26. The van der Waals surface area contributed by atoms with Crippen LogP contribution in [0.1, 0.15) is 17.0 Å². The van der Waals surface area contributed by atoms with Crippen molar-refractivity contribution in [1.29, 1.82) is 0 Å². The molecule has 0 aliphatic carbocycles. The Morgan fingerprint density at radius 3 is 2.21 bits per heavy atom. The predicted molar refractivity (Wildman–Crippen MR) is 114 cm³/mol. The molecule has 1 amide bonds. The van der Waals surface area contributed by atoms with E-state index in [2.05, 4.69) is 10.9 Å². The molecule has 0 N–H and O–H groups in total. The first-order chi connectivity index (χ1) is 14.2. The summed E-state index contributed by atoms with van der Waals surface area (Å²) >= 11 is 1.25. The number of terminal acetylenes is 1. The van der Waals surface area contributed by atoms with Crippen LogP contribution in [0.15, 0.2) is 83.9 Å². The van der Waals surface area contributed by atoms with Gasteiger partial charge in [-0.05, 0) is 23.3 Å². The predicted octanol–water partition coefficient (Wildman–Crippen LogP) is 4.73. The molecule has 0 saturated heterocycles. The van der Waals surface area contributed by atoms with Crippen LogP contribution >= 0.6 is 11.3 Å². The van der Waals surface area contributed by atoms with Crippen molar-refractivity contribution in [3.63, 3.8) is 0 Å². The van der Waals surface area contributed by atoms with Crippen molar-refractivity contribution in [1.82, 2.24) is 4.57 Å². The zero-order valence-electron chi connectivity index (χ0n) is 15.5. The number of carbonyl (C=O) groups is 1. The number of thiazole rings is 1. The zero-order valence-corrected chi connectivity index (χ0v) is 16.3. The van der Waals surface area contributed by atoms with E-state index >= 15 is 0 Å². The van der Waals surface area contributed by atoms with E-state index in [1.165, 1.54) is 17.4 Å². The molecule has 0 aliphatic heterocycles. The van der Waals surface area contributed by atoms with Gasteiger partial charge in [0, 0.05) is 0 Å². The van der Waals surface area contributed by atoms with Crippen LogP contribution in [0.2, 0.25) is 0 Å². The Labute approximate surface area is 171 Å². The van der Waals surface area contributed by atoms with Gasteiger partial charge in [-0.25, -0.2) is 4.39 Å². The summed E-state index contributed by atoms with van der Waals surface area (Å²) in [5, 5.41) is 0. The standard InChI is InChI=1S/C24H17FN2OS/c1-2-16-27-22-19(25)14-9-15-20(22)29-24(27)26-23(28)21(17-10-5-3-6-11-17)18-12-7-4-8-13-18/h1,3-15,21H,16H2. The van der Waals surface area contributed by atoms with Crippen molar-refractivity contribution in [2.24, 2.45) is 4.99 Å². The number of aromatic nitrogens is 1. The lowest BCUT2D eigenvalue weighted by Crippen LogP contribution is -2.20. The summed E-state index contributed by atoms with van der Waals surface area (Å²) in [6.07, 6.45) is 5.49. The molecular weight excluding hydrogens is 383 g/mol. The molecule has 142 valence electrons. The summed E-state index contributed by atoms with van der Waals surface area (Å²) in [4.78, 5) is 18.1. The van der Waals surface area contributed by atoms with Gasteiger partial charge in [-0.2, -0.15) is 4.99 Å². The molecule has 0 unspecified atom stereocenters. The second-order valence-electron chi connectivity index (χ2n) is 6.47. The Morgan fingerprint density at radius 2 is 1.62 bits per heavy atom. The molecule has 1 heterocycles. The highest BCUT2D eigenvalue weighted by Gasteiger charge is 2.23. The van der Waals surface area contributed by atoms with E-state index in [0.29, 0.717) is 15.0 Å². The molecular formula is C24H17FN2OS. The van der Waals surface area contributed by atoms with Gasteiger partial charge in [-0.3, -0.25) is 4.79 Å². The number of halogens is 1. The van der Waals surface area contributed by atoms with E-state index < -0.39 is 5.92 Å². The first-order valence-electron chi connectivity index (χ1n) is 9.09. The molecule has 0 atom stereocenters. The van der Waals surface area contributed by atoms with E-state index in [1.54, 1.807) is 16.7 Å². The molecule has 0 radical (unpaired) electrons. The fraction of sp³-hybridized carbons (Fsp3) is 0.0833. The van der Waals surface area contributed by atoms with E-state index in [1.807, 2.05) is 60.7 Å². The number of hydrogen-bond donors (Lipinski definition) is 0. The van der Waals surface area contributed by atoms with Gasteiger partial charge in [0.05, 0.1) is 22.7 Å². The quantitative estimate of drug-likeness (QED) is 0.456. The number of carbonyl (C=O) groups excluding carboxylic acids is 1. The van der Waals surface area contributed by atoms with Gasteiger partial charge in [-0.15, -0.1) is 6.42 Å². The molecule has 5 heteroatoms. The smallest absolute Gasteiger partial charge is 0.260 e. The van der Waals surface area contributed by atoms with Crippen molar-refractivity contribution >= 4 is 27.5 Å². The molecule has 1 aromatic heterocycles. The van der Waals surface area contributed by atoms with Crippen LogP contribution in [-0.2, 0) is 11.3 Å². The minimum Gasteiger partial charge on any atom is -0.302 e. The van der Waals surface area contributed by atoms with Gasteiger partial charge < -0.3 is 4.57 Å². The summed E-state index contributed by atoms with van der Waals surface area (Å²) in [6, 6.07) is 23.8. The molecule has 4 rings (SSSR count). The number of fused-ring (bicyclic) bond motifs is 1. The molecule has 0 fully saturated rings. The molecule has 0 saturated carbocycles. The minimum atomic E-state index is -0.549. The summed E-state index contributed by atoms with van der Waals surface area (Å²) in [5.41, 5.74) is 2.07. The zero-order chi connectivity index (χ0) is 20.2. The molecule has 3 nitrogen and oxygen atoms in total. The Kier molecular flexibility index (Phi) is 5.37. The fourth-order valence-corrected chi connectivity index (χ4v) is 4.39. The van der Waals surface area contributed by atoms with Crippen molar-refractivity contribution in [3.8, 4) is 12.3 Å². The first kappa shape index (κ1) is 18.9. The number of amides is 1. The number of nitrogens with zero attached hydrogens (tertiary/aromatic N) is 2. The normalized spacial score (nSPS) is 11.7. The van der Waals surface area contributed by atoms with Crippen LogP contribution in [0.3, 0.4) is 0 Å². The van der Waals surface area contributed by atoms with E-state index in [9.17, 15) is 9.18 Å². The maximum atomic E-state index is 14.4. The monoisotopic (exact) mass is 400 g/mol. The summed E-state index contributed by atoms with van der Waals surface area (Å²) < 4.78 is 16.7. The lowest BCUT2D eigenvalue weighted by atomic mass is 9.91. The highest BCUT2D eigenvalue weighted by molar-refractivity contribution is 7.16. The third kappa shape index (κ3) is 3.75. The SMILES string of the molecule is C#CCn1c(=NC(=O)C(c2ccccc2)c2ccccc2)sc2cccc(F)c21. The number of rotatable bonds is 4. The van der Waals surface area contributed by atoms with E-state index in [-0.39, 0.29) is 18.3 Å². The van der Waals surface area contributed by atoms with Crippen molar-refractivity contribution in [3.05, 3.63) is 101 Å². The highest BCUT2D eigenvalue weighted by Crippen LogP contribution is 2.26. The lowest BCUT2D eigenvalue weighted by molar-refractivity contribution is -0.118. The topological polar surface area (TPSA) is 34.4 Å². The van der Waals surface area contributed by atoms with Crippen molar-refractivity contribution in [2.45, 2.75) is 12.5 Å². The fourth-order valence-electron chi connectivity index (χ4n) is 3.34. The Bertz CT molecular complexity index is 1230. The second-order valence-corrected chi connectivity index (χ2v) is 7.48. The molecule has 0 spiro atoms. The number of benzene rings is 3. The average Bonchev–Trinajstić information content (AvgIpc) is 3.08. The van der Waals surface area contributed by atoms with Gasteiger partial charge in [-0.1, -0.05) is 84.0 Å². The minimum absolute atomic E-state index is 0.133. The van der Waals surface area contributed by atoms with Crippen LogP contribution in [0, 0.1) is 18.2 Å². The van der Waals surface area contributed by atoms with Crippen LogP contribution < -0.4 is 4.80 Å². The summed E-state index contributed by atoms with van der Waals surface area (Å²) in [7, 11) is 0.